The third-order valence-corrected chi connectivity index (χ3v) is 6.11. The fourth-order valence-corrected chi connectivity index (χ4v) is 4.27. The van der Waals surface area contributed by atoms with Gasteiger partial charge >= 0.3 is 5.97 Å². The number of methoxy groups -OCH3 is 2. The van der Waals surface area contributed by atoms with Crippen LogP contribution in [0.25, 0.3) is 10.8 Å². The van der Waals surface area contributed by atoms with Gasteiger partial charge in [-0.3, -0.25) is 14.5 Å². The van der Waals surface area contributed by atoms with Crippen LogP contribution < -0.4 is 4.74 Å². The Bertz CT molecular complexity index is 1140. The van der Waals surface area contributed by atoms with Crippen LogP contribution in [0, 0.1) is 0 Å². The van der Waals surface area contributed by atoms with Crippen LogP contribution >= 0.6 is 0 Å². The Morgan fingerprint density at radius 3 is 2.47 bits per heavy atom. The van der Waals surface area contributed by atoms with Crippen molar-refractivity contribution in [3.8, 4) is 5.75 Å². The van der Waals surface area contributed by atoms with E-state index in [2.05, 4.69) is 6.07 Å². The lowest BCUT2D eigenvalue weighted by Crippen LogP contribution is -2.50. The van der Waals surface area contributed by atoms with Gasteiger partial charge in [-0.2, -0.15) is 0 Å². The number of nitrogens with zero attached hydrogens (tertiary/aromatic N) is 2. The van der Waals surface area contributed by atoms with Crippen LogP contribution in [-0.2, 0) is 33.8 Å². The summed E-state index contributed by atoms with van der Waals surface area (Å²) < 4.78 is 10.3. The molecular weight excluding hydrogens is 404 g/mol. The lowest BCUT2D eigenvalue weighted by molar-refractivity contribution is -0.149. The van der Waals surface area contributed by atoms with Crippen LogP contribution in [0.3, 0.4) is 0 Å². The fraction of sp³-hybridized carbons (Fsp3) is 0.308. The van der Waals surface area contributed by atoms with E-state index in [0.29, 0.717) is 19.5 Å². The molecule has 0 saturated carbocycles. The van der Waals surface area contributed by atoms with Crippen molar-refractivity contribution in [2.45, 2.75) is 25.6 Å². The third kappa shape index (κ3) is 4.60. The first kappa shape index (κ1) is 21.8. The summed E-state index contributed by atoms with van der Waals surface area (Å²) in [5.74, 6) is 0.480. The second-order valence-electron chi connectivity index (χ2n) is 8.21. The van der Waals surface area contributed by atoms with E-state index < -0.39 is 6.04 Å². The van der Waals surface area contributed by atoms with Gasteiger partial charge in [0, 0.05) is 20.1 Å². The summed E-state index contributed by atoms with van der Waals surface area (Å²) in [5.41, 5.74) is 3.33. The van der Waals surface area contributed by atoms with Gasteiger partial charge in [-0.1, -0.05) is 42.5 Å². The number of benzene rings is 3. The Morgan fingerprint density at radius 1 is 1.00 bits per heavy atom. The van der Waals surface area contributed by atoms with Crippen molar-refractivity contribution in [3.63, 3.8) is 0 Å². The number of esters is 1. The van der Waals surface area contributed by atoms with Gasteiger partial charge in [0.1, 0.15) is 11.8 Å². The highest BCUT2D eigenvalue weighted by atomic mass is 16.5. The van der Waals surface area contributed by atoms with Gasteiger partial charge in [-0.05, 0) is 52.1 Å². The minimum absolute atomic E-state index is 0.0342. The quantitative estimate of drug-likeness (QED) is 0.559. The molecule has 1 aliphatic heterocycles. The van der Waals surface area contributed by atoms with Gasteiger partial charge in [0.2, 0.25) is 5.91 Å². The van der Waals surface area contributed by atoms with Crippen molar-refractivity contribution in [1.82, 2.24) is 9.80 Å². The molecule has 1 atom stereocenters. The van der Waals surface area contributed by atoms with Crippen LogP contribution in [0.2, 0.25) is 0 Å². The third-order valence-electron chi connectivity index (χ3n) is 6.11. The molecule has 32 heavy (non-hydrogen) atoms. The fourth-order valence-electron chi connectivity index (χ4n) is 4.27. The molecule has 0 radical (unpaired) electrons. The maximum Gasteiger partial charge on any atom is 0.323 e. The Labute approximate surface area is 188 Å². The number of rotatable bonds is 6. The van der Waals surface area contributed by atoms with Crippen molar-refractivity contribution < 1.29 is 19.1 Å². The van der Waals surface area contributed by atoms with E-state index in [4.69, 9.17) is 9.47 Å². The molecule has 1 amide bonds. The van der Waals surface area contributed by atoms with E-state index in [1.54, 1.807) is 19.1 Å². The topological polar surface area (TPSA) is 59.1 Å². The van der Waals surface area contributed by atoms with E-state index in [9.17, 15) is 9.59 Å². The summed E-state index contributed by atoms with van der Waals surface area (Å²) in [4.78, 5) is 29.1. The molecule has 0 aromatic heterocycles. The molecular formula is C26H28N2O4. The standard InChI is InChI=1S/C26H28N2O4/c1-27(15-18-8-9-21-13-23(31-2)11-10-20(21)12-18)25(29)17-28-16-22-7-5-4-6-19(22)14-24(28)26(30)32-3/h4-13,24H,14-17H2,1-3H3. The first-order chi connectivity index (χ1) is 15.5. The van der Waals surface area contributed by atoms with Crippen LogP contribution in [0.5, 0.6) is 5.75 Å². The van der Waals surface area contributed by atoms with Crippen molar-refractivity contribution in [2.75, 3.05) is 27.8 Å². The number of fused-ring (bicyclic) bond motifs is 2. The summed E-state index contributed by atoms with van der Waals surface area (Å²) in [6.45, 7) is 1.21. The van der Waals surface area contributed by atoms with Crippen LogP contribution in [0.4, 0.5) is 0 Å². The summed E-state index contributed by atoms with van der Waals surface area (Å²) >= 11 is 0. The van der Waals surface area contributed by atoms with E-state index in [0.717, 1.165) is 33.2 Å². The van der Waals surface area contributed by atoms with Crippen molar-refractivity contribution >= 4 is 22.6 Å². The van der Waals surface area contributed by atoms with Crippen LogP contribution in [-0.4, -0.2) is 55.5 Å². The van der Waals surface area contributed by atoms with Gasteiger partial charge in [-0.25, -0.2) is 0 Å². The maximum atomic E-state index is 13.0. The molecule has 1 aliphatic rings. The van der Waals surface area contributed by atoms with Gasteiger partial charge < -0.3 is 14.4 Å². The molecule has 1 heterocycles. The summed E-state index contributed by atoms with van der Waals surface area (Å²) in [6, 6.07) is 19.7. The molecule has 0 N–H and O–H groups in total. The number of likely N-dealkylation sites (N-methyl/N-ethyl adjacent to an activating group) is 1. The molecule has 3 aromatic rings. The number of carbonyl (C=O) groups excluding carboxylic acids is 2. The molecule has 166 valence electrons. The summed E-state index contributed by atoms with van der Waals surface area (Å²) in [5, 5.41) is 2.19. The predicted octanol–water partition coefficient (Wildman–Crippen LogP) is 3.41. The second-order valence-corrected chi connectivity index (χ2v) is 8.21. The maximum absolute atomic E-state index is 13.0. The minimum atomic E-state index is -0.456. The Morgan fingerprint density at radius 2 is 1.72 bits per heavy atom. The Kier molecular flexibility index (Phi) is 6.42. The Hall–Kier alpha value is -3.38. The lowest BCUT2D eigenvalue weighted by Gasteiger charge is -2.35. The molecule has 6 nitrogen and oxygen atoms in total. The van der Waals surface area contributed by atoms with Crippen molar-refractivity contribution in [2.24, 2.45) is 0 Å². The monoisotopic (exact) mass is 432 g/mol. The lowest BCUT2D eigenvalue weighted by atomic mass is 9.94. The molecule has 0 saturated heterocycles. The van der Waals surface area contributed by atoms with Gasteiger partial charge in [-0.15, -0.1) is 0 Å². The average Bonchev–Trinajstić information content (AvgIpc) is 2.82. The normalized spacial score (nSPS) is 15.8. The number of ether oxygens (including phenoxy) is 2. The zero-order chi connectivity index (χ0) is 22.7. The number of carbonyl (C=O) groups is 2. The summed E-state index contributed by atoms with van der Waals surface area (Å²) in [7, 11) is 4.84. The second kappa shape index (κ2) is 9.40. The molecule has 0 aliphatic carbocycles. The summed E-state index contributed by atoms with van der Waals surface area (Å²) in [6.07, 6.45) is 0.550. The van der Waals surface area contributed by atoms with E-state index in [1.165, 1.54) is 7.11 Å². The van der Waals surface area contributed by atoms with Crippen LogP contribution in [0.15, 0.2) is 60.7 Å². The van der Waals surface area contributed by atoms with Crippen molar-refractivity contribution in [1.29, 1.82) is 0 Å². The molecule has 1 unspecified atom stereocenters. The van der Waals surface area contributed by atoms with E-state index >= 15 is 0 Å². The van der Waals surface area contributed by atoms with E-state index in [1.807, 2.05) is 59.5 Å². The Balaban J connectivity index is 1.46. The zero-order valence-corrected chi connectivity index (χ0v) is 18.7. The number of hydrogen-bond donors (Lipinski definition) is 0. The average molecular weight is 433 g/mol. The highest BCUT2D eigenvalue weighted by Gasteiger charge is 2.33. The molecule has 0 bridgehead atoms. The van der Waals surface area contributed by atoms with Crippen molar-refractivity contribution in [3.05, 3.63) is 77.4 Å². The zero-order valence-electron chi connectivity index (χ0n) is 18.7. The highest BCUT2D eigenvalue weighted by molar-refractivity contribution is 5.85. The largest absolute Gasteiger partial charge is 0.497 e. The first-order valence-corrected chi connectivity index (χ1v) is 10.7. The SMILES string of the molecule is COC(=O)C1Cc2ccccc2CN1CC(=O)N(C)Cc1ccc2cc(OC)ccc2c1. The predicted molar refractivity (Wildman–Crippen MR) is 123 cm³/mol. The molecule has 0 fully saturated rings. The van der Waals surface area contributed by atoms with Gasteiger partial charge in [0.25, 0.3) is 0 Å². The van der Waals surface area contributed by atoms with Gasteiger partial charge in [0.15, 0.2) is 0 Å². The number of hydrogen-bond acceptors (Lipinski definition) is 5. The van der Waals surface area contributed by atoms with Gasteiger partial charge in [0.05, 0.1) is 20.8 Å². The molecule has 3 aromatic carbocycles. The van der Waals surface area contributed by atoms with Crippen LogP contribution in [0.1, 0.15) is 16.7 Å². The molecule has 0 spiro atoms. The number of amides is 1. The smallest absolute Gasteiger partial charge is 0.323 e. The minimum Gasteiger partial charge on any atom is -0.497 e. The highest BCUT2D eigenvalue weighted by Crippen LogP contribution is 2.25. The van der Waals surface area contributed by atoms with E-state index in [-0.39, 0.29) is 18.4 Å². The molecule has 4 rings (SSSR count). The molecule has 6 heteroatoms. The first-order valence-electron chi connectivity index (χ1n) is 10.7.